The standard InChI is InChI=1S/C11H14BrNO/c1-4-8-5-9(7-10(12)6-8)11(14)13(2)3/h5-7H,4H2,1-3H3. The first-order chi connectivity index (χ1) is 6.54. The van der Waals surface area contributed by atoms with E-state index in [-0.39, 0.29) is 5.91 Å². The third-order valence-electron chi connectivity index (χ3n) is 2.02. The molecule has 0 radical (unpaired) electrons. The minimum Gasteiger partial charge on any atom is -0.345 e. The van der Waals surface area contributed by atoms with Crippen molar-refractivity contribution in [3.8, 4) is 0 Å². The maximum absolute atomic E-state index is 11.7. The second-order valence-electron chi connectivity index (χ2n) is 3.40. The SMILES string of the molecule is CCc1cc(Br)cc(C(=O)N(C)C)c1. The van der Waals surface area contributed by atoms with E-state index >= 15 is 0 Å². The van der Waals surface area contributed by atoms with Gasteiger partial charge in [0, 0.05) is 24.1 Å². The third-order valence-corrected chi connectivity index (χ3v) is 2.48. The number of hydrogen-bond donors (Lipinski definition) is 0. The first-order valence-electron chi connectivity index (χ1n) is 4.55. The summed E-state index contributed by atoms with van der Waals surface area (Å²) >= 11 is 3.40. The predicted octanol–water partition coefficient (Wildman–Crippen LogP) is 2.71. The van der Waals surface area contributed by atoms with E-state index in [9.17, 15) is 4.79 Å². The van der Waals surface area contributed by atoms with Gasteiger partial charge in [0.15, 0.2) is 0 Å². The Bertz CT molecular complexity index is 347. The lowest BCUT2D eigenvalue weighted by molar-refractivity contribution is 0.0827. The van der Waals surface area contributed by atoms with E-state index in [2.05, 4.69) is 22.9 Å². The zero-order valence-electron chi connectivity index (χ0n) is 8.67. The molecule has 0 saturated heterocycles. The van der Waals surface area contributed by atoms with E-state index in [1.807, 2.05) is 18.2 Å². The number of halogens is 1. The number of carbonyl (C=O) groups is 1. The summed E-state index contributed by atoms with van der Waals surface area (Å²) < 4.78 is 0.960. The fourth-order valence-electron chi connectivity index (χ4n) is 1.24. The quantitative estimate of drug-likeness (QED) is 0.796. The molecule has 1 amide bonds. The summed E-state index contributed by atoms with van der Waals surface area (Å²) in [7, 11) is 3.52. The lowest BCUT2D eigenvalue weighted by Crippen LogP contribution is -2.21. The number of nitrogens with zero attached hydrogens (tertiary/aromatic N) is 1. The summed E-state index contributed by atoms with van der Waals surface area (Å²) in [4.78, 5) is 13.3. The second kappa shape index (κ2) is 4.60. The molecule has 2 nitrogen and oxygen atoms in total. The first kappa shape index (κ1) is 11.2. The monoisotopic (exact) mass is 255 g/mol. The van der Waals surface area contributed by atoms with Gasteiger partial charge in [0.25, 0.3) is 5.91 Å². The van der Waals surface area contributed by atoms with E-state index in [1.165, 1.54) is 5.56 Å². The van der Waals surface area contributed by atoms with Gasteiger partial charge in [-0.2, -0.15) is 0 Å². The van der Waals surface area contributed by atoms with E-state index < -0.39 is 0 Å². The van der Waals surface area contributed by atoms with Crippen molar-refractivity contribution >= 4 is 21.8 Å². The maximum Gasteiger partial charge on any atom is 0.253 e. The number of benzene rings is 1. The molecule has 1 aromatic carbocycles. The molecule has 0 aliphatic heterocycles. The predicted molar refractivity (Wildman–Crippen MR) is 61.5 cm³/mol. The van der Waals surface area contributed by atoms with Crippen LogP contribution in [0.5, 0.6) is 0 Å². The van der Waals surface area contributed by atoms with Crippen molar-refractivity contribution in [3.63, 3.8) is 0 Å². The van der Waals surface area contributed by atoms with Gasteiger partial charge in [-0.15, -0.1) is 0 Å². The molecule has 0 spiro atoms. The van der Waals surface area contributed by atoms with Gasteiger partial charge in [-0.05, 0) is 30.2 Å². The van der Waals surface area contributed by atoms with Crippen LogP contribution < -0.4 is 0 Å². The fourth-order valence-corrected chi connectivity index (χ4v) is 1.78. The van der Waals surface area contributed by atoms with E-state index in [4.69, 9.17) is 0 Å². The normalized spacial score (nSPS) is 10.0. The largest absolute Gasteiger partial charge is 0.345 e. The van der Waals surface area contributed by atoms with E-state index in [0.717, 1.165) is 16.5 Å². The average Bonchev–Trinajstić information content (AvgIpc) is 2.15. The van der Waals surface area contributed by atoms with Gasteiger partial charge in [-0.1, -0.05) is 22.9 Å². The van der Waals surface area contributed by atoms with Gasteiger partial charge < -0.3 is 4.90 Å². The van der Waals surface area contributed by atoms with Crippen LogP contribution in [0.25, 0.3) is 0 Å². The molecular weight excluding hydrogens is 242 g/mol. The minimum absolute atomic E-state index is 0.0426. The van der Waals surface area contributed by atoms with Gasteiger partial charge in [0.1, 0.15) is 0 Å². The number of hydrogen-bond acceptors (Lipinski definition) is 1. The van der Waals surface area contributed by atoms with Gasteiger partial charge in [0.05, 0.1) is 0 Å². The van der Waals surface area contributed by atoms with Crippen molar-refractivity contribution < 1.29 is 4.79 Å². The van der Waals surface area contributed by atoms with Gasteiger partial charge >= 0.3 is 0 Å². The van der Waals surface area contributed by atoms with Crippen LogP contribution in [-0.4, -0.2) is 24.9 Å². The Balaban J connectivity index is 3.09. The molecule has 0 saturated carbocycles. The number of carbonyl (C=O) groups excluding carboxylic acids is 1. The third kappa shape index (κ3) is 2.58. The van der Waals surface area contributed by atoms with Crippen LogP contribution in [-0.2, 0) is 6.42 Å². The van der Waals surface area contributed by atoms with E-state index in [1.54, 1.807) is 19.0 Å². The molecule has 0 aromatic heterocycles. The first-order valence-corrected chi connectivity index (χ1v) is 5.35. The highest BCUT2D eigenvalue weighted by Crippen LogP contribution is 2.17. The molecule has 0 aliphatic carbocycles. The van der Waals surface area contributed by atoms with Crippen molar-refractivity contribution in [1.82, 2.24) is 4.90 Å². The van der Waals surface area contributed by atoms with Crippen molar-refractivity contribution in [2.45, 2.75) is 13.3 Å². The van der Waals surface area contributed by atoms with Crippen LogP contribution in [0, 0.1) is 0 Å². The molecular formula is C11H14BrNO. The van der Waals surface area contributed by atoms with Gasteiger partial charge in [-0.3, -0.25) is 4.79 Å². The Kier molecular flexibility index (Phi) is 3.69. The zero-order chi connectivity index (χ0) is 10.7. The highest BCUT2D eigenvalue weighted by Gasteiger charge is 2.09. The van der Waals surface area contributed by atoms with Crippen LogP contribution in [0.1, 0.15) is 22.8 Å². The van der Waals surface area contributed by atoms with Crippen molar-refractivity contribution in [1.29, 1.82) is 0 Å². The highest BCUT2D eigenvalue weighted by atomic mass is 79.9. The minimum atomic E-state index is 0.0426. The molecule has 1 rings (SSSR count). The lowest BCUT2D eigenvalue weighted by atomic mass is 10.1. The number of aryl methyl sites for hydroxylation is 1. The summed E-state index contributed by atoms with van der Waals surface area (Å²) in [6, 6.07) is 5.82. The molecule has 76 valence electrons. The van der Waals surface area contributed by atoms with Gasteiger partial charge in [0.2, 0.25) is 0 Å². The summed E-state index contributed by atoms with van der Waals surface area (Å²) in [6.45, 7) is 2.08. The molecule has 0 fully saturated rings. The molecule has 0 bridgehead atoms. The summed E-state index contributed by atoms with van der Waals surface area (Å²) in [5, 5.41) is 0. The second-order valence-corrected chi connectivity index (χ2v) is 4.32. The summed E-state index contributed by atoms with van der Waals surface area (Å²) in [5.74, 6) is 0.0426. The molecule has 3 heteroatoms. The Morgan fingerprint density at radius 1 is 1.36 bits per heavy atom. The molecule has 0 aliphatic rings. The fraction of sp³-hybridized carbons (Fsp3) is 0.364. The van der Waals surface area contributed by atoms with Crippen LogP contribution in [0.15, 0.2) is 22.7 Å². The smallest absolute Gasteiger partial charge is 0.253 e. The summed E-state index contributed by atoms with van der Waals surface area (Å²) in [5.41, 5.74) is 1.91. The summed E-state index contributed by atoms with van der Waals surface area (Å²) in [6.07, 6.45) is 0.938. The lowest BCUT2D eigenvalue weighted by Gasteiger charge is -2.11. The average molecular weight is 256 g/mol. The number of amides is 1. The Labute approximate surface area is 93.0 Å². The molecule has 0 N–H and O–H groups in total. The zero-order valence-corrected chi connectivity index (χ0v) is 10.3. The van der Waals surface area contributed by atoms with Crippen LogP contribution in [0.2, 0.25) is 0 Å². The van der Waals surface area contributed by atoms with E-state index in [0.29, 0.717) is 0 Å². The molecule has 0 unspecified atom stereocenters. The van der Waals surface area contributed by atoms with Gasteiger partial charge in [-0.25, -0.2) is 0 Å². The van der Waals surface area contributed by atoms with Crippen LogP contribution in [0.3, 0.4) is 0 Å². The Hall–Kier alpha value is -0.830. The molecule has 0 heterocycles. The molecule has 14 heavy (non-hydrogen) atoms. The Morgan fingerprint density at radius 2 is 2.00 bits per heavy atom. The molecule has 0 atom stereocenters. The highest BCUT2D eigenvalue weighted by molar-refractivity contribution is 9.10. The van der Waals surface area contributed by atoms with Crippen molar-refractivity contribution in [2.24, 2.45) is 0 Å². The topological polar surface area (TPSA) is 20.3 Å². The number of rotatable bonds is 2. The van der Waals surface area contributed by atoms with Crippen LogP contribution in [0.4, 0.5) is 0 Å². The molecule has 1 aromatic rings. The van der Waals surface area contributed by atoms with Crippen molar-refractivity contribution in [2.75, 3.05) is 14.1 Å². The van der Waals surface area contributed by atoms with Crippen LogP contribution >= 0.6 is 15.9 Å². The van der Waals surface area contributed by atoms with Crippen molar-refractivity contribution in [3.05, 3.63) is 33.8 Å². The Morgan fingerprint density at radius 3 is 2.50 bits per heavy atom. The maximum atomic E-state index is 11.7.